The number of halogens is 1. The standard InChI is InChI=1S/C14H20ClNO2/c1-5-18-12-9-7-6-8-11(12)13(17)16(4)14(2,3)10-15/h6-9H,5,10H2,1-4H3. The van der Waals surface area contributed by atoms with Gasteiger partial charge in [-0.2, -0.15) is 0 Å². The van der Waals surface area contributed by atoms with E-state index in [1.807, 2.05) is 32.9 Å². The van der Waals surface area contributed by atoms with Crippen LogP contribution in [0, 0.1) is 0 Å². The molecule has 0 fully saturated rings. The molecule has 0 aliphatic heterocycles. The zero-order chi connectivity index (χ0) is 13.8. The van der Waals surface area contributed by atoms with Gasteiger partial charge in [-0.15, -0.1) is 11.6 Å². The fraction of sp³-hybridized carbons (Fsp3) is 0.500. The molecule has 0 saturated carbocycles. The second-order valence-electron chi connectivity index (χ2n) is 4.74. The van der Waals surface area contributed by atoms with Gasteiger partial charge in [0.25, 0.3) is 5.91 Å². The Balaban J connectivity index is 3.04. The number of hydrogen-bond donors (Lipinski definition) is 0. The first-order chi connectivity index (χ1) is 8.44. The van der Waals surface area contributed by atoms with Crippen molar-refractivity contribution in [1.82, 2.24) is 4.90 Å². The number of benzene rings is 1. The summed E-state index contributed by atoms with van der Waals surface area (Å²) in [6, 6.07) is 7.26. The Bertz CT molecular complexity index is 418. The Labute approximate surface area is 114 Å². The molecule has 1 rings (SSSR count). The van der Waals surface area contributed by atoms with Crippen molar-refractivity contribution in [2.45, 2.75) is 26.3 Å². The number of carbonyl (C=O) groups excluding carboxylic acids is 1. The van der Waals surface area contributed by atoms with E-state index in [1.54, 1.807) is 24.1 Å². The highest BCUT2D eigenvalue weighted by molar-refractivity contribution is 6.18. The Morgan fingerprint density at radius 3 is 2.56 bits per heavy atom. The Hall–Kier alpha value is -1.22. The molecule has 18 heavy (non-hydrogen) atoms. The maximum atomic E-state index is 12.4. The van der Waals surface area contributed by atoms with Crippen molar-refractivity contribution in [3.63, 3.8) is 0 Å². The fourth-order valence-electron chi connectivity index (χ4n) is 1.47. The minimum atomic E-state index is -0.391. The van der Waals surface area contributed by atoms with Crippen LogP contribution in [-0.4, -0.2) is 35.9 Å². The van der Waals surface area contributed by atoms with Crippen LogP contribution in [0.5, 0.6) is 5.75 Å². The highest BCUT2D eigenvalue weighted by atomic mass is 35.5. The van der Waals surface area contributed by atoms with Crippen molar-refractivity contribution < 1.29 is 9.53 Å². The summed E-state index contributed by atoms with van der Waals surface area (Å²) in [7, 11) is 1.76. The van der Waals surface area contributed by atoms with Gasteiger partial charge in [-0.25, -0.2) is 0 Å². The molecule has 0 N–H and O–H groups in total. The molecule has 0 unspecified atom stereocenters. The largest absolute Gasteiger partial charge is 0.493 e. The normalized spacial score (nSPS) is 11.2. The lowest BCUT2D eigenvalue weighted by molar-refractivity contribution is 0.0656. The summed E-state index contributed by atoms with van der Waals surface area (Å²) < 4.78 is 5.47. The van der Waals surface area contributed by atoms with Gasteiger partial charge in [0, 0.05) is 12.9 Å². The number of nitrogens with zero attached hydrogens (tertiary/aromatic N) is 1. The molecule has 0 spiro atoms. The molecular formula is C14H20ClNO2. The first kappa shape index (κ1) is 14.8. The van der Waals surface area contributed by atoms with Gasteiger partial charge in [-0.05, 0) is 32.9 Å². The fourth-order valence-corrected chi connectivity index (χ4v) is 1.65. The molecule has 0 radical (unpaired) electrons. The SMILES string of the molecule is CCOc1ccccc1C(=O)N(C)C(C)(C)CCl. The Morgan fingerprint density at radius 2 is 2.00 bits per heavy atom. The summed E-state index contributed by atoms with van der Waals surface area (Å²) in [4.78, 5) is 14.1. The third-order valence-corrected chi connectivity index (χ3v) is 3.61. The molecule has 1 amide bonds. The molecule has 4 heteroatoms. The topological polar surface area (TPSA) is 29.5 Å². The molecule has 0 bridgehead atoms. The van der Waals surface area contributed by atoms with Crippen LogP contribution in [0.2, 0.25) is 0 Å². The smallest absolute Gasteiger partial charge is 0.257 e. The minimum Gasteiger partial charge on any atom is -0.493 e. The summed E-state index contributed by atoms with van der Waals surface area (Å²) in [5, 5.41) is 0. The monoisotopic (exact) mass is 269 g/mol. The number of para-hydroxylation sites is 1. The second-order valence-corrected chi connectivity index (χ2v) is 5.01. The lowest BCUT2D eigenvalue weighted by Gasteiger charge is -2.34. The summed E-state index contributed by atoms with van der Waals surface area (Å²) in [5.41, 5.74) is 0.179. The molecule has 100 valence electrons. The summed E-state index contributed by atoms with van der Waals surface area (Å²) >= 11 is 5.90. The van der Waals surface area contributed by atoms with Crippen LogP contribution < -0.4 is 4.74 Å². The summed E-state index contributed by atoms with van der Waals surface area (Å²) in [6.07, 6.45) is 0. The van der Waals surface area contributed by atoms with Gasteiger partial charge in [0.1, 0.15) is 5.75 Å². The van der Waals surface area contributed by atoms with Gasteiger partial charge in [-0.3, -0.25) is 4.79 Å². The molecule has 3 nitrogen and oxygen atoms in total. The van der Waals surface area contributed by atoms with Crippen LogP contribution >= 0.6 is 11.6 Å². The number of amides is 1. The third-order valence-electron chi connectivity index (χ3n) is 2.96. The van der Waals surface area contributed by atoms with Crippen LogP contribution in [0.1, 0.15) is 31.1 Å². The second kappa shape index (κ2) is 6.10. The lowest BCUT2D eigenvalue weighted by atomic mass is 10.0. The zero-order valence-electron chi connectivity index (χ0n) is 11.4. The summed E-state index contributed by atoms with van der Waals surface area (Å²) in [5.74, 6) is 0.915. The highest BCUT2D eigenvalue weighted by Gasteiger charge is 2.28. The van der Waals surface area contributed by atoms with Crippen LogP contribution in [0.3, 0.4) is 0 Å². The molecule has 1 aromatic rings. The average Bonchev–Trinajstić information content (AvgIpc) is 2.38. The van der Waals surface area contributed by atoms with E-state index in [4.69, 9.17) is 16.3 Å². The van der Waals surface area contributed by atoms with Crippen LogP contribution in [-0.2, 0) is 0 Å². The first-order valence-electron chi connectivity index (χ1n) is 6.00. The van der Waals surface area contributed by atoms with E-state index >= 15 is 0 Å². The van der Waals surface area contributed by atoms with Crippen molar-refractivity contribution in [2.24, 2.45) is 0 Å². The number of carbonyl (C=O) groups is 1. The van der Waals surface area contributed by atoms with Gasteiger partial charge in [0.2, 0.25) is 0 Å². The number of alkyl halides is 1. The van der Waals surface area contributed by atoms with Gasteiger partial charge >= 0.3 is 0 Å². The maximum Gasteiger partial charge on any atom is 0.257 e. The van der Waals surface area contributed by atoms with Gasteiger partial charge in [0.05, 0.1) is 17.7 Å². The van der Waals surface area contributed by atoms with Gasteiger partial charge in [0.15, 0.2) is 0 Å². The molecule has 1 aromatic carbocycles. The third kappa shape index (κ3) is 3.16. The Morgan fingerprint density at radius 1 is 1.39 bits per heavy atom. The molecule has 0 heterocycles. The van der Waals surface area contributed by atoms with Crippen molar-refractivity contribution in [2.75, 3.05) is 19.5 Å². The van der Waals surface area contributed by atoms with Gasteiger partial charge in [-0.1, -0.05) is 12.1 Å². The summed E-state index contributed by atoms with van der Waals surface area (Å²) in [6.45, 7) is 6.29. The molecule has 0 aliphatic rings. The zero-order valence-corrected chi connectivity index (χ0v) is 12.1. The minimum absolute atomic E-state index is 0.0790. The van der Waals surface area contributed by atoms with Crippen molar-refractivity contribution >= 4 is 17.5 Å². The predicted octanol–water partition coefficient (Wildman–Crippen LogP) is 3.17. The molecular weight excluding hydrogens is 250 g/mol. The van der Waals surface area contributed by atoms with E-state index in [0.29, 0.717) is 23.8 Å². The van der Waals surface area contributed by atoms with E-state index in [1.165, 1.54) is 0 Å². The molecule has 0 aromatic heterocycles. The van der Waals surface area contributed by atoms with E-state index in [-0.39, 0.29) is 5.91 Å². The molecule has 0 saturated heterocycles. The number of hydrogen-bond acceptors (Lipinski definition) is 2. The van der Waals surface area contributed by atoms with Crippen molar-refractivity contribution in [3.8, 4) is 5.75 Å². The van der Waals surface area contributed by atoms with E-state index < -0.39 is 5.54 Å². The van der Waals surface area contributed by atoms with Crippen molar-refractivity contribution in [3.05, 3.63) is 29.8 Å². The van der Waals surface area contributed by atoms with Gasteiger partial charge < -0.3 is 9.64 Å². The molecule has 0 aliphatic carbocycles. The van der Waals surface area contributed by atoms with Crippen LogP contribution in [0.15, 0.2) is 24.3 Å². The van der Waals surface area contributed by atoms with E-state index in [2.05, 4.69) is 0 Å². The van der Waals surface area contributed by atoms with E-state index in [0.717, 1.165) is 0 Å². The van der Waals surface area contributed by atoms with Crippen LogP contribution in [0.4, 0.5) is 0 Å². The lowest BCUT2D eigenvalue weighted by Crippen LogP contribution is -2.46. The quantitative estimate of drug-likeness (QED) is 0.769. The van der Waals surface area contributed by atoms with Crippen molar-refractivity contribution in [1.29, 1.82) is 0 Å². The predicted molar refractivity (Wildman–Crippen MR) is 74.5 cm³/mol. The maximum absolute atomic E-state index is 12.4. The highest BCUT2D eigenvalue weighted by Crippen LogP contribution is 2.23. The average molecular weight is 270 g/mol. The van der Waals surface area contributed by atoms with Crippen LogP contribution in [0.25, 0.3) is 0 Å². The number of rotatable bonds is 5. The molecule has 0 atom stereocenters. The number of ether oxygens (including phenoxy) is 1. The Kier molecular flexibility index (Phi) is 5.03. The first-order valence-corrected chi connectivity index (χ1v) is 6.53. The van der Waals surface area contributed by atoms with E-state index in [9.17, 15) is 4.79 Å².